The molecule has 2 aromatic rings. The van der Waals surface area contributed by atoms with Crippen LogP contribution >= 0.6 is 11.3 Å². The van der Waals surface area contributed by atoms with E-state index in [1.807, 2.05) is 0 Å². The molecule has 1 heterocycles. The molecule has 1 aromatic heterocycles. The summed E-state index contributed by atoms with van der Waals surface area (Å²) in [5.74, 6) is -2.26. The Morgan fingerprint density at radius 1 is 1.38 bits per heavy atom. The molecule has 0 aliphatic heterocycles. The van der Waals surface area contributed by atoms with E-state index < -0.39 is 32.3 Å². The summed E-state index contributed by atoms with van der Waals surface area (Å²) in [4.78, 5) is 10.2. The summed E-state index contributed by atoms with van der Waals surface area (Å²) in [5.41, 5.74) is -0.766. The van der Waals surface area contributed by atoms with Gasteiger partial charge in [0.05, 0.1) is 5.69 Å². The Bertz CT molecular complexity index is 852. The number of carboxylic acids is 1. The van der Waals surface area contributed by atoms with Crippen molar-refractivity contribution in [2.45, 2.75) is 4.90 Å². The van der Waals surface area contributed by atoms with E-state index in [1.54, 1.807) is 0 Å². The second-order valence-electron chi connectivity index (χ2n) is 3.80. The number of nitriles is 1. The first-order chi connectivity index (χ1) is 9.86. The minimum Gasteiger partial charge on any atom is -0.477 e. The van der Waals surface area contributed by atoms with Gasteiger partial charge in [0.1, 0.15) is 27.2 Å². The Balaban J connectivity index is 2.50. The van der Waals surface area contributed by atoms with Crippen molar-refractivity contribution in [2.24, 2.45) is 0 Å². The molecule has 0 aliphatic carbocycles. The molecular weight excluding hydrogens is 319 g/mol. The molecule has 0 saturated heterocycles. The molecule has 108 valence electrons. The quantitative estimate of drug-likeness (QED) is 0.896. The molecule has 0 saturated carbocycles. The molecule has 0 amide bonds. The van der Waals surface area contributed by atoms with Gasteiger partial charge in [-0.25, -0.2) is 17.6 Å². The van der Waals surface area contributed by atoms with Crippen LogP contribution in [0.25, 0.3) is 0 Å². The van der Waals surface area contributed by atoms with Crippen molar-refractivity contribution in [3.8, 4) is 6.07 Å². The molecule has 0 radical (unpaired) electrons. The molecule has 1 aromatic carbocycles. The largest absolute Gasteiger partial charge is 0.477 e. The molecule has 6 nitrogen and oxygen atoms in total. The van der Waals surface area contributed by atoms with Crippen LogP contribution in [-0.2, 0) is 10.0 Å². The van der Waals surface area contributed by atoms with Crippen molar-refractivity contribution in [3.05, 3.63) is 45.9 Å². The Kier molecular flexibility index (Phi) is 3.93. The van der Waals surface area contributed by atoms with Crippen LogP contribution in [-0.4, -0.2) is 19.5 Å². The second kappa shape index (κ2) is 5.51. The van der Waals surface area contributed by atoms with Crippen molar-refractivity contribution in [3.63, 3.8) is 0 Å². The van der Waals surface area contributed by atoms with Crippen LogP contribution in [0, 0.1) is 17.1 Å². The van der Waals surface area contributed by atoms with E-state index in [9.17, 15) is 17.6 Å². The van der Waals surface area contributed by atoms with E-state index in [2.05, 4.69) is 4.72 Å². The Morgan fingerprint density at radius 2 is 2.10 bits per heavy atom. The van der Waals surface area contributed by atoms with Crippen molar-refractivity contribution < 1.29 is 22.7 Å². The maximum Gasteiger partial charge on any atom is 0.348 e. The van der Waals surface area contributed by atoms with Crippen LogP contribution in [0.4, 0.5) is 10.1 Å². The number of anilines is 1. The third-order valence-electron chi connectivity index (χ3n) is 2.48. The maximum absolute atomic E-state index is 13.5. The van der Waals surface area contributed by atoms with Crippen LogP contribution in [0.5, 0.6) is 0 Å². The first kappa shape index (κ1) is 15.0. The summed E-state index contributed by atoms with van der Waals surface area (Å²) in [6.45, 7) is 0. The fourth-order valence-electron chi connectivity index (χ4n) is 1.59. The van der Waals surface area contributed by atoms with Gasteiger partial charge in [0.2, 0.25) is 0 Å². The van der Waals surface area contributed by atoms with E-state index in [4.69, 9.17) is 10.4 Å². The molecule has 0 aliphatic rings. The van der Waals surface area contributed by atoms with E-state index in [0.717, 1.165) is 29.5 Å². The van der Waals surface area contributed by atoms with Crippen LogP contribution in [0.2, 0.25) is 0 Å². The fraction of sp³-hybridized carbons (Fsp3) is 0. The number of aromatic carboxylic acids is 1. The molecule has 0 atom stereocenters. The highest BCUT2D eigenvalue weighted by atomic mass is 32.2. The number of carboxylic acid groups (broad SMARTS) is 1. The van der Waals surface area contributed by atoms with Gasteiger partial charge < -0.3 is 5.11 Å². The minimum atomic E-state index is -4.27. The Hall–Kier alpha value is -2.44. The molecular formula is C12H7FN2O4S2. The Labute approximate surface area is 123 Å². The van der Waals surface area contributed by atoms with Gasteiger partial charge in [-0.3, -0.25) is 4.72 Å². The number of sulfonamides is 1. The normalized spacial score (nSPS) is 10.9. The van der Waals surface area contributed by atoms with Gasteiger partial charge in [0.15, 0.2) is 0 Å². The molecule has 0 unspecified atom stereocenters. The van der Waals surface area contributed by atoms with Gasteiger partial charge in [0.25, 0.3) is 10.0 Å². The summed E-state index contributed by atoms with van der Waals surface area (Å²) in [6, 6.07) is 5.93. The SMILES string of the molecule is N#Cc1c(F)cccc1S(=O)(=O)Nc1ccsc1C(=O)O. The average Bonchev–Trinajstić information content (AvgIpc) is 2.86. The standard InChI is InChI=1S/C12H7FN2O4S2/c13-8-2-1-3-10(7(8)6-14)21(18,19)15-9-4-5-20-11(9)12(16)17/h1-5,15H,(H,16,17). The highest BCUT2D eigenvalue weighted by Gasteiger charge is 2.23. The number of benzene rings is 1. The second-order valence-corrected chi connectivity index (χ2v) is 6.37. The van der Waals surface area contributed by atoms with Gasteiger partial charge in [-0.2, -0.15) is 5.26 Å². The summed E-state index contributed by atoms with van der Waals surface area (Å²) in [7, 11) is -4.27. The van der Waals surface area contributed by atoms with Crippen molar-refractivity contribution in [1.29, 1.82) is 5.26 Å². The molecule has 0 fully saturated rings. The van der Waals surface area contributed by atoms with Gasteiger partial charge in [-0.05, 0) is 23.6 Å². The number of thiophene rings is 1. The first-order valence-corrected chi connectivity index (χ1v) is 7.75. The third kappa shape index (κ3) is 2.86. The van der Waals surface area contributed by atoms with Crippen LogP contribution in [0.1, 0.15) is 15.2 Å². The predicted octanol–water partition coefficient (Wildman–Crippen LogP) is 2.26. The highest BCUT2D eigenvalue weighted by Crippen LogP contribution is 2.26. The number of nitrogens with zero attached hydrogens (tertiary/aromatic N) is 1. The lowest BCUT2D eigenvalue weighted by molar-refractivity contribution is 0.0703. The molecule has 0 spiro atoms. The zero-order valence-corrected chi connectivity index (χ0v) is 11.8. The van der Waals surface area contributed by atoms with E-state index in [-0.39, 0.29) is 10.6 Å². The van der Waals surface area contributed by atoms with Crippen LogP contribution in [0.3, 0.4) is 0 Å². The predicted molar refractivity (Wildman–Crippen MR) is 73.2 cm³/mol. The van der Waals surface area contributed by atoms with Gasteiger partial charge >= 0.3 is 5.97 Å². The molecule has 9 heteroatoms. The fourth-order valence-corrected chi connectivity index (χ4v) is 3.58. The average molecular weight is 326 g/mol. The lowest BCUT2D eigenvalue weighted by Gasteiger charge is -2.09. The van der Waals surface area contributed by atoms with Gasteiger partial charge in [-0.1, -0.05) is 6.07 Å². The first-order valence-electron chi connectivity index (χ1n) is 5.39. The number of rotatable bonds is 4. The zero-order valence-electron chi connectivity index (χ0n) is 10.2. The van der Waals surface area contributed by atoms with Crippen LogP contribution < -0.4 is 4.72 Å². The summed E-state index contributed by atoms with van der Waals surface area (Å²) >= 11 is 0.841. The summed E-state index contributed by atoms with van der Waals surface area (Å²) < 4.78 is 39.9. The number of hydrogen-bond acceptors (Lipinski definition) is 5. The number of nitrogens with one attached hydrogen (secondary N) is 1. The smallest absolute Gasteiger partial charge is 0.348 e. The summed E-state index contributed by atoms with van der Waals surface area (Å²) in [6.07, 6.45) is 0. The van der Waals surface area contributed by atoms with Crippen molar-refractivity contribution in [1.82, 2.24) is 0 Å². The number of halogens is 1. The zero-order chi connectivity index (χ0) is 15.6. The molecule has 2 N–H and O–H groups in total. The van der Waals surface area contributed by atoms with E-state index in [1.165, 1.54) is 17.5 Å². The Morgan fingerprint density at radius 3 is 2.71 bits per heavy atom. The molecule has 21 heavy (non-hydrogen) atoms. The van der Waals surface area contributed by atoms with Crippen molar-refractivity contribution >= 4 is 33.0 Å². The van der Waals surface area contributed by atoms with Gasteiger partial charge in [-0.15, -0.1) is 11.3 Å². The molecule has 0 bridgehead atoms. The lowest BCUT2D eigenvalue weighted by atomic mass is 10.2. The number of carbonyl (C=O) groups is 1. The van der Waals surface area contributed by atoms with Crippen molar-refractivity contribution in [2.75, 3.05) is 4.72 Å². The summed E-state index contributed by atoms with van der Waals surface area (Å²) in [5, 5.41) is 19.2. The molecule has 2 rings (SSSR count). The topological polar surface area (TPSA) is 107 Å². The lowest BCUT2D eigenvalue weighted by Crippen LogP contribution is -2.16. The highest BCUT2D eigenvalue weighted by molar-refractivity contribution is 7.92. The monoisotopic (exact) mass is 326 g/mol. The third-order valence-corrected chi connectivity index (χ3v) is 4.79. The van der Waals surface area contributed by atoms with E-state index >= 15 is 0 Å². The van der Waals surface area contributed by atoms with E-state index in [0.29, 0.717) is 0 Å². The minimum absolute atomic E-state index is 0.138. The number of hydrogen-bond donors (Lipinski definition) is 2. The maximum atomic E-state index is 13.5. The van der Waals surface area contributed by atoms with Gasteiger partial charge in [0, 0.05) is 0 Å². The van der Waals surface area contributed by atoms with Crippen LogP contribution in [0.15, 0.2) is 34.5 Å².